The van der Waals surface area contributed by atoms with Crippen molar-refractivity contribution < 1.29 is 5.11 Å². The number of nitrogens with one attached hydrogen (secondary N) is 1. The average Bonchev–Trinajstić information content (AvgIpc) is 2.85. The number of hydrogen-bond donors (Lipinski definition) is 2. The molecule has 0 aliphatic carbocycles. The van der Waals surface area contributed by atoms with Gasteiger partial charge in [-0.3, -0.25) is 0 Å². The van der Waals surface area contributed by atoms with Crippen molar-refractivity contribution in [2.45, 2.75) is 51.6 Å². The Morgan fingerprint density at radius 1 is 1.41 bits per heavy atom. The largest absolute Gasteiger partial charge is 0.394 e. The van der Waals surface area contributed by atoms with Gasteiger partial charge in [-0.25, -0.2) is 4.98 Å². The minimum Gasteiger partial charge on any atom is -0.394 e. The van der Waals surface area contributed by atoms with Crippen molar-refractivity contribution >= 4 is 0 Å². The Kier molecular flexibility index (Phi) is 6.22. The number of aromatic nitrogens is 2. The van der Waals surface area contributed by atoms with Crippen LogP contribution in [-0.4, -0.2) is 33.3 Å². The van der Waals surface area contributed by atoms with Crippen molar-refractivity contribution in [2.24, 2.45) is 0 Å². The van der Waals surface area contributed by atoms with E-state index in [9.17, 15) is 5.11 Å². The first kappa shape index (κ1) is 14.2. The Morgan fingerprint density at radius 3 is 2.82 bits per heavy atom. The summed E-state index contributed by atoms with van der Waals surface area (Å²) in [5, 5.41) is 12.8. The van der Waals surface area contributed by atoms with E-state index in [1.807, 2.05) is 12.5 Å². The zero-order valence-corrected chi connectivity index (χ0v) is 11.0. The summed E-state index contributed by atoms with van der Waals surface area (Å²) in [6.45, 7) is 6.43. The average molecular weight is 239 g/mol. The normalized spacial score (nSPS) is 14.8. The van der Waals surface area contributed by atoms with Crippen LogP contribution in [0.25, 0.3) is 0 Å². The van der Waals surface area contributed by atoms with Gasteiger partial charge in [0.2, 0.25) is 0 Å². The number of aryl methyl sites for hydroxylation is 1. The summed E-state index contributed by atoms with van der Waals surface area (Å²) < 4.78 is 2.09. The van der Waals surface area contributed by atoms with E-state index in [2.05, 4.69) is 28.7 Å². The highest BCUT2D eigenvalue weighted by atomic mass is 16.3. The highest BCUT2D eigenvalue weighted by Crippen LogP contribution is 2.13. The Balaban J connectivity index is 2.18. The van der Waals surface area contributed by atoms with E-state index in [0.717, 1.165) is 38.8 Å². The van der Waals surface area contributed by atoms with Crippen LogP contribution in [0.4, 0.5) is 0 Å². The van der Waals surface area contributed by atoms with Crippen LogP contribution in [0.15, 0.2) is 18.7 Å². The van der Waals surface area contributed by atoms with Gasteiger partial charge in [-0.15, -0.1) is 0 Å². The molecule has 1 aromatic heterocycles. The molecule has 0 saturated carbocycles. The molecule has 0 spiro atoms. The van der Waals surface area contributed by atoms with E-state index in [4.69, 9.17) is 0 Å². The first-order chi connectivity index (χ1) is 8.20. The topological polar surface area (TPSA) is 50.1 Å². The predicted octanol–water partition coefficient (Wildman–Crippen LogP) is 1.80. The third kappa shape index (κ3) is 5.33. The molecule has 1 atom stereocenters. The number of unbranched alkanes of at least 4 members (excludes halogenated alkanes) is 1. The van der Waals surface area contributed by atoms with Crippen LogP contribution in [0.3, 0.4) is 0 Å². The molecule has 1 unspecified atom stereocenters. The van der Waals surface area contributed by atoms with Crippen molar-refractivity contribution in [3.8, 4) is 0 Å². The molecule has 1 rings (SSSR count). The van der Waals surface area contributed by atoms with Gasteiger partial charge in [-0.1, -0.05) is 6.92 Å². The molecule has 0 fully saturated rings. The molecule has 0 amide bonds. The van der Waals surface area contributed by atoms with Crippen molar-refractivity contribution in [3.05, 3.63) is 18.7 Å². The van der Waals surface area contributed by atoms with Gasteiger partial charge in [0.25, 0.3) is 0 Å². The van der Waals surface area contributed by atoms with Gasteiger partial charge in [0.15, 0.2) is 0 Å². The molecule has 4 nitrogen and oxygen atoms in total. The van der Waals surface area contributed by atoms with Crippen LogP contribution in [0, 0.1) is 0 Å². The van der Waals surface area contributed by atoms with Crippen LogP contribution in [0.2, 0.25) is 0 Å². The van der Waals surface area contributed by atoms with Crippen LogP contribution in [-0.2, 0) is 6.54 Å². The zero-order valence-electron chi connectivity index (χ0n) is 11.0. The minimum absolute atomic E-state index is 0.120. The van der Waals surface area contributed by atoms with E-state index in [-0.39, 0.29) is 12.1 Å². The van der Waals surface area contributed by atoms with Gasteiger partial charge < -0.3 is 15.0 Å². The smallest absolute Gasteiger partial charge is 0.0945 e. The van der Waals surface area contributed by atoms with E-state index < -0.39 is 0 Å². The number of rotatable bonds is 9. The molecule has 0 saturated heterocycles. The number of nitrogens with zero attached hydrogens (tertiary/aromatic N) is 2. The second-order valence-electron chi connectivity index (χ2n) is 4.90. The van der Waals surface area contributed by atoms with Crippen molar-refractivity contribution in [3.63, 3.8) is 0 Å². The van der Waals surface area contributed by atoms with E-state index in [0.29, 0.717) is 0 Å². The maximum absolute atomic E-state index is 9.42. The maximum Gasteiger partial charge on any atom is 0.0945 e. The Bertz CT molecular complexity index is 287. The van der Waals surface area contributed by atoms with E-state index in [1.54, 1.807) is 6.20 Å². The molecule has 0 bridgehead atoms. The third-order valence-corrected chi connectivity index (χ3v) is 3.10. The molecule has 0 aromatic carbocycles. The molecule has 98 valence electrons. The van der Waals surface area contributed by atoms with Crippen LogP contribution in [0.1, 0.15) is 39.5 Å². The van der Waals surface area contributed by atoms with E-state index in [1.165, 1.54) is 0 Å². The van der Waals surface area contributed by atoms with Gasteiger partial charge in [-0.05, 0) is 39.2 Å². The minimum atomic E-state index is -0.120. The molecule has 1 aromatic rings. The van der Waals surface area contributed by atoms with E-state index >= 15 is 0 Å². The summed E-state index contributed by atoms with van der Waals surface area (Å²) in [5.74, 6) is 0. The molecule has 0 aliphatic rings. The lowest BCUT2D eigenvalue weighted by Crippen LogP contribution is -2.46. The van der Waals surface area contributed by atoms with Gasteiger partial charge in [0.05, 0.1) is 12.9 Å². The van der Waals surface area contributed by atoms with Gasteiger partial charge >= 0.3 is 0 Å². The van der Waals surface area contributed by atoms with Crippen LogP contribution < -0.4 is 5.32 Å². The maximum atomic E-state index is 9.42. The standard InChI is InChI=1S/C13H25N3O/c1-3-7-15-13(2,11-17)6-4-5-9-16-10-8-14-12-16/h8,10,12,15,17H,3-7,9,11H2,1-2H3. The first-order valence-corrected chi connectivity index (χ1v) is 6.52. The van der Waals surface area contributed by atoms with Gasteiger partial charge in [0, 0.05) is 24.5 Å². The molecule has 17 heavy (non-hydrogen) atoms. The molecule has 4 heteroatoms. The fraction of sp³-hybridized carbons (Fsp3) is 0.769. The summed E-state index contributed by atoms with van der Waals surface area (Å²) in [5.41, 5.74) is -0.120. The number of hydrogen-bond acceptors (Lipinski definition) is 3. The zero-order chi connectivity index (χ0) is 12.6. The first-order valence-electron chi connectivity index (χ1n) is 6.52. The molecular weight excluding hydrogens is 214 g/mol. The fourth-order valence-electron chi connectivity index (χ4n) is 1.88. The highest BCUT2D eigenvalue weighted by Gasteiger charge is 2.21. The quantitative estimate of drug-likeness (QED) is 0.646. The Hall–Kier alpha value is -0.870. The Morgan fingerprint density at radius 2 is 2.24 bits per heavy atom. The third-order valence-electron chi connectivity index (χ3n) is 3.10. The highest BCUT2D eigenvalue weighted by molar-refractivity contribution is 4.82. The number of aliphatic hydroxyl groups is 1. The van der Waals surface area contributed by atoms with Crippen molar-refractivity contribution in [1.82, 2.24) is 14.9 Å². The fourth-order valence-corrected chi connectivity index (χ4v) is 1.88. The second-order valence-corrected chi connectivity index (χ2v) is 4.90. The Labute approximate surface area is 104 Å². The molecule has 2 N–H and O–H groups in total. The molecular formula is C13H25N3O. The molecule has 1 heterocycles. The van der Waals surface area contributed by atoms with Crippen LogP contribution >= 0.6 is 0 Å². The monoisotopic (exact) mass is 239 g/mol. The van der Waals surface area contributed by atoms with Crippen LogP contribution in [0.5, 0.6) is 0 Å². The lowest BCUT2D eigenvalue weighted by atomic mass is 9.95. The molecule has 0 aliphatic heterocycles. The number of imidazole rings is 1. The summed E-state index contributed by atoms with van der Waals surface area (Å²) in [6, 6.07) is 0. The van der Waals surface area contributed by atoms with Crippen molar-refractivity contribution in [1.29, 1.82) is 0 Å². The summed E-state index contributed by atoms with van der Waals surface area (Å²) in [6.07, 6.45) is 10.00. The summed E-state index contributed by atoms with van der Waals surface area (Å²) in [7, 11) is 0. The lowest BCUT2D eigenvalue weighted by Gasteiger charge is -2.28. The van der Waals surface area contributed by atoms with Gasteiger partial charge in [-0.2, -0.15) is 0 Å². The molecule has 0 radical (unpaired) electrons. The van der Waals surface area contributed by atoms with Crippen molar-refractivity contribution in [2.75, 3.05) is 13.2 Å². The summed E-state index contributed by atoms with van der Waals surface area (Å²) >= 11 is 0. The number of aliphatic hydroxyl groups excluding tert-OH is 1. The predicted molar refractivity (Wildman–Crippen MR) is 69.9 cm³/mol. The lowest BCUT2D eigenvalue weighted by molar-refractivity contribution is 0.162. The SMILES string of the molecule is CCCNC(C)(CO)CCCCn1ccnc1. The van der Waals surface area contributed by atoms with Gasteiger partial charge in [0.1, 0.15) is 0 Å². The second kappa shape index (κ2) is 7.45. The summed E-state index contributed by atoms with van der Waals surface area (Å²) in [4.78, 5) is 4.02.